The lowest BCUT2D eigenvalue weighted by Gasteiger charge is -2.15. The van der Waals surface area contributed by atoms with Crippen LogP contribution in [0.25, 0.3) is 0 Å². The molecule has 1 atom stereocenters. The Morgan fingerprint density at radius 3 is 2.47 bits per heavy atom. The number of nitrogens with one attached hydrogen (secondary N) is 1. The highest BCUT2D eigenvalue weighted by molar-refractivity contribution is 7.89. The van der Waals surface area contributed by atoms with Crippen LogP contribution in [0.2, 0.25) is 0 Å². The van der Waals surface area contributed by atoms with Crippen molar-refractivity contribution in [2.24, 2.45) is 5.92 Å². The fraction of sp³-hybridized carbons (Fsp3) is 0.538. The first-order chi connectivity index (χ1) is 8.77. The number of hydrogen-bond donors (Lipinski definition) is 2. The third-order valence-electron chi connectivity index (χ3n) is 2.93. The molecule has 0 heterocycles. The first-order valence-corrected chi connectivity index (χ1v) is 7.58. The summed E-state index contributed by atoms with van der Waals surface area (Å²) in [5.41, 5.74) is 0.745. The molecule has 0 fully saturated rings. The molecule has 0 aliphatic heterocycles. The molecule has 0 saturated carbocycles. The van der Waals surface area contributed by atoms with E-state index in [9.17, 15) is 13.5 Å². The van der Waals surface area contributed by atoms with Crippen LogP contribution in [0.15, 0.2) is 23.1 Å². The van der Waals surface area contributed by atoms with Crippen LogP contribution >= 0.6 is 0 Å². The average Bonchev–Trinajstić information content (AvgIpc) is 2.35. The summed E-state index contributed by atoms with van der Waals surface area (Å²) < 4.78 is 31.6. The average molecular weight is 287 g/mol. The van der Waals surface area contributed by atoms with Gasteiger partial charge in [0.1, 0.15) is 5.75 Å². The predicted molar refractivity (Wildman–Crippen MR) is 73.8 cm³/mol. The van der Waals surface area contributed by atoms with Gasteiger partial charge in [0.2, 0.25) is 10.0 Å². The van der Waals surface area contributed by atoms with Crippen LogP contribution in [-0.2, 0) is 10.0 Å². The van der Waals surface area contributed by atoms with Gasteiger partial charge in [0, 0.05) is 6.54 Å². The molecule has 1 aromatic rings. The molecule has 2 N–H and O–H groups in total. The van der Waals surface area contributed by atoms with E-state index < -0.39 is 16.1 Å². The molecular weight excluding hydrogens is 266 g/mol. The van der Waals surface area contributed by atoms with E-state index in [1.54, 1.807) is 19.1 Å². The molecular formula is C13H21NO4S. The molecule has 0 bridgehead atoms. The number of sulfonamides is 1. The maximum Gasteiger partial charge on any atom is 0.240 e. The lowest BCUT2D eigenvalue weighted by atomic mass is 10.1. The molecule has 1 aromatic carbocycles. The maximum atomic E-state index is 12.0. The minimum absolute atomic E-state index is 0.000281. The smallest absolute Gasteiger partial charge is 0.240 e. The Labute approximate surface area is 114 Å². The van der Waals surface area contributed by atoms with Crippen molar-refractivity contribution in [2.75, 3.05) is 13.7 Å². The van der Waals surface area contributed by atoms with Crippen molar-refractivity contribution in [1.82, 2.24) is 4.72 Å². The summed E-state index contributed by atoms with van der Waals surface area (Å²) in [7, 11) is -2.07. The van der Waals surface area contributed by atoms with Crippen LogP contribution in [0.5, 0.6) is 5.75 Å². The number of ether oxygens (including phenoxy) is 1. The van der Waals surface area contributed by atoms with Gasteiger partial charge in [-0.05, 0) is 36.6 Å². The van der Waals surface area contributed by atoms with E-state index in [1.165, 1.54) is 13.2 Å². The summed E-state index contributed by atoms with van der Waals surface area (Å²) in [5.74, 6) is 0.640. The van der Waals surface area contributed by atoms with Crippen LogP contribution in [-0.4, -0.2) is 33.3 Å². The van der Waals surface area contributed by atoms with Crippen molar-refractivity contribution in [3.8, 4) is 5.75 Å². The summed E-state index contributed by atoms with van der Waals surface area (Å²) in [6, 6.07) is 4.64. The van der Waals surface area contributed by atoms with Gasteiger partial charge >= 0.3 is 0 Å². The molecule has 19 heavy (non-hydrogen) atoms. The van der Waals surface area contributed by atoms with Gasteiger partial charge < -0.3 is 9.84 Å². The zero-order valence-corrected chi connectivity index (χ0v) is 12.5. The Hall–Kier alpha value is -1.11. The second kappa shape index (κ2) is 6.36. The third kappa shape index (κ3) is 4.19. The molecule has 108 valence electrons. The predicted octanol–water partition coefficient (Wildman–Crippen LogP) is 1.30. The quantitative estimate of drug-likeness (QED) is 0.827. The molecule has 6 heteroatoms. The van der Waals surface area contributed by atoms with E-state index in [-0.39, 0.29) is 17.4 Å². The molecule has 1 rings (SSSR count). The van der Waals surface area contributed by atoms with Gasteiger partial charge in [-0.15, -0.1) is 0 Å². The van der Waals surface area contributed by atoms with Gasteiger partial charge in [-0.1, -0.05) is 13.8 Å². The van der Waals surface area contributed by atoms with Gasteiger partial charge in [-0.25, -0.2) is 13.1 Å². The molecule has 0 spiro atoms. The number of aliphatic hydroxyl groups excluding tert-OH is 1. The zero-order chi connectivity index (χ0) is 14.6. The highest BCUT2D eigenvalue weighted by Gasteiger charge is 2.18. The molecule has 0 aromatic heterocycles. The van der Waals surface area contributed by atoms with Crippen molar-refractivity contribution in [1.29, 1.82) is 0 Å². The van der Waals surface area contributed by atoms with Crippen molar-refractivity contribution in [3.63, 3.8) is 0 Å². The monoisotopic (exact) mass is 287 g/mol. The molecule has 1 unspecified atom stereocenters. The van der Waals surface area contributed by atoms with Crippen LogP contribution in [0.4, 0.5) is 0 Å². The standard InChI is InChI=1S/C13H21NO4S/c1-9(2)12(15)8-14-19(16,17)11-5-6-13(18-4)10(3)7-11/h5-7,9,12,14-15H,8H2,1-4H3. The molecule has 0 aliphatic carbocycles. The van der Waals surface area contributed by atoms with E-state index in [1.807, 2.05) is 13.8 Å². The van der Waals surface area contributed by atoms with Crippen LogP contribution in [0.3, 0.4) is 0 Å². The van der Waals surface area contributed by atoms with Gasteiger partial charge in [-0.2, -0.15) is 0 Å². The number of hydrogen-bond acceptors (Lipinski definition) is 4. The van der Waals surface area contributed by atoms with E-state index >= 15 is 0 Å². The molecule has 0 saturated heterocycles. The minimum Gasteiger partial charge on any atom is -0.496 e. The van der Waals surface area contributed by atoms with Crippen molar-refractivity contribution in [2.45, 2.75) is 31.8 Å². The summed E-state index contributed by atoms with van der Waals surface area (Å²) >= 11 is 0. The van der Waals surface area contributed by atoms with Crippen LogP contribution in [0.1, 0.15) is 19.4 Å². The Bertz CT molecular complexity index is 525. The van der Waals surface area contributed by atoms with Gasteiger partial charge in [0.15, 0.2) is 0 Å². The third-order valence-corrected chi connectivity index (χ3v) is 4.35. The van der Waals surface area contributed by atoms with Crippen molar-refractivity contribution >= 4 is 10.0 Å². The zero-order valence-electron chi connectivity index (χ0n) is 11.7. The van der Waals surface area contributed by atoms with Gasteiger partial charge in [-0.3, -0.25) is 0 Å². The highest BCUT2D eigenvalue weighted by Crippen LogP contribution is 2.21. The minimum atomic E-state index is -3.60. The van der Waals surface area contributed by atoms with Crippen molar-refractivity contribution < 1.29 is 18.3 Å². The van der Waals surface area contributed by atoms with Gasteiger partial charge in [0.05, 0.1) is 18.1 Å². The first-order valence-electron chi connectivity index (χ1n) is 6.10. The Morgan fingerprint density at radius 2 is 2.00 bits per heavy atom. The highest BCUT2D eigenvalue weighted by atomic mass is 32.2. The van der Waals surface area contributed by atoms with E-state index in [4.69, 9.17) is 4.74 Å². The number of aryl methyl sites for hydroxylation is 1. The number of aliphatic hydroxyl groups is 1. The Balaban J connectivity index is 2.86. The second-order valence-electron chi connectivity index (χ2n) is 4.79. The van der Waals surface area contributed by atoms with E-state index in [2.05, 4.69) is 4.72 Å². The Morgan fingerprint density at radius 1 is 1.37 bits per heavy atom. The van der Waals surface area contributed by atoms with Crippen molar-refractivity contribution in [3.05, 3.63) is 23.8 Å². The summed E-state index contributed by atoms with van der Waals surface area (Å²) in [6.45, 7) is 5.44. The Kier molecular flexibility index (Phi) is 5.34. The lowest BCUT2D eigenvalue weighted by molar-refractivity contribution is 0.129. The molecule has 0 aliphatic rings. The lowest BCUT2D eigenvalue weighted by Crippen LogP contribution is -2.34. The molecule has 0 amide bonds. The normalized spacial score (nSPS) is 13.6. The van der Waals surface area contributed by atoms with Crippen LogP contribution < -0.4 is 9.46 Å². The second-order valence-corrected chi connectivity index (χ2v) is 6.56. The summed E-state index contributed by atoms with van der Waals surface area (Å²) in [5, 5.41) is 9.63. The molecule has 5 nitrogen and oxygen atoms in total. The van der Waals surface area contributed by atoms with Gasteiger partial charge in [0.25, 0.3) is 0 Å². The maximum absolute atomic E-state index is 12.0. The number of rotatable bonds is 6. The van der Waals surface area contributed by atoms with E-state index in [0.29, 0.717) is 5.75 Å². The SMILES string of the molecule is COc1ccc(S(=O)(=O)NCC(O)C(C)C)cc1C. The summed E-state index contributed by atoms with van der Waals surface area (Å²) in [4.78, 5) is 0.168. The summed E-state index contributed by atoms with van der Waals surface area (Å²) in [6.07, 6.45) is -0.700. The number of methoxy groups -OCH3 is 1. The van der Waals surface area contributed by atoms with E-state index in [0.717, 1.165) is 5.56 Å². The molecule has 0 radical (unpaired) electrons. The first kappa shape index (κ1) is 15.9. The topological polar surface area (TPSA) is 75.6 Å². The number of benzene rings is 1. The van der Waals surface area contributed by atoms with Crippen LogP contribution in [0, 0.1) is 12.8 Å². The fourth-order valence-corrected chi connectivity index (χ4v) is 2.67. The fourth-order valence-electron chi connectivity index (χ4n) is 1.53. The largest absolute Gasteiger partial charge is 0.496 e.